The third-order valence-electron chi connectivity index (χ3n) is 4.26. The van der Waals surface area contributed by atoms with E-state index in [-0.39, 0.29) is 11.5 Å². The summed E-state index contributed by atoms with van der Waals surface area (Å²) in [4.78, 5) is 0. The van der Waals surface area contributed by atoms with Gasteiger partial charge in [0.15, 0.2) is 0 Å². The van der Waals surface area contributed by atoms with Gasteiger partial charge in [-0.05, 0) is 44.6 Å². The Hall–Kier alpha value is -1.02. The van der Waals surface area contributed by atoms with E-state index in [4.69, 9.17) is 10.5 Å². The van der Waals surface area contributed by atoms with Crippen LogP contribution in [-0.4, -0.2) is 12.6 Å². The SMILES string of the molecule is CC(N)C1(c2ccccc2OCC2CC2)CC1. The van der Waals surface area contributed by atoms with Gasteiger partial charge in [0.05, 0.1) is 6.61 Å². The molecule has 2 heteroatoms. The maximum Gasteiger partial charge on any atom is 0.123 e. The topological polar surface area (TPSA) is 35.2 Å². The first-order chi connectivity index (χ1) is 8.22. The first kappa shape index (κ1) is 11.1. The summed E-state index contributed by atoms with van der Waals surface area (Å²) in [6, 6.07) is 8.66. The van der Waals surface area contributed by atoms with E-state index in [0.29, 0.717) is 0 Å². The van der Waals surface area contributed by atoms with Crippen LogP contribution in [-0.2, 0) is 5.41 Å². The van der Waals surface area contributed by atoms with Crippen LogP contribution < -0.4 is 10.5 Å². The van der Waals surface area contributed by atoms with Gasteiger partial charge in [-0.3, -0.25) is 0 Å². The van der Waals surface area contributed by atoms with Crippen LogP contribution in [0.3, 0.4) is 0 Å². The van der Waals surface area contributed by atoms with Gasteiger partial charge in [-0.2, -0.15) is 0 Å². The Kier molecular flexibility index (Phi) is 2.62. The van der Waals surface area contributed by atoms with Crippen LogP contribution >= 0.6 is 0 Å². The minimum atomic E-state index is 0.195. The molecule has 0 aromatic heterocycles. The molecule has 1 atom stereocenters. The Balaban J connectivity index is 1.82. The number of hydrogen-bond donors (Lipinski definition) is 1. The predicted octanol–water partition coefficient (Wildman–Crippen LogP) is 2.85. The van der Waals surface area contributed by atoms with Gasteiger partial charge in [-0.1, -0.05) is 18.2 Å². The smallest absolute Gasteiger partial charge is 0.123 e. The standard InChI is InChI=1S/C15H21NO/c1-11(16)15(8-9-15)13-4-2-3-5-14(13)17-10-12-6-7-12/h2-5,11-12H,6-10,16H2,1H3. The molecule has 0 heterocycles. The third-order valence-corrected chi connectivity index (χ3v) is 4.26. The molecule has 17 heavy (non-hydrogen) atoms. The Morgan fingerprint density at radius 1 is 1.35 bits per heavy atom. The number of hydrogen-bond acceptors (Lipinski definition) is 2. The molecule has 2 fully saturated rings. The van der Waals surface area contributed by atoms with Crippen molar-refractivity contribution in [3.63, 3.8) is 0 Å². The number of benzene rings is 1. The molecule has 0 amide bonds. The fourth-order valence-corrected chi connectivity index (χ4v) is 2.60. The van der Waals surface area contributed by atoms with Crippen molar-refractivity contribution in [3.8, 4) is 5.75 Å². The quantitative estimate of drug-likeness (QED) is 0.845. The molecule has 92 valence electrons. The van der Waals surface area contributed by atoms with Crippen LogP contribution in [0.15, 0.2) is 24.3 Å². The van der Waals surface area contributed by atoms with E-state index in [1.54, 1.807) is 0 Å². The average molecular weight is 231 g/mol. The van der Waals surface area contributed by atoms with Crippen LogP contribution in [0.2, 0.25) is 0 Å². The molecular weight excluding hydrogens is 210 g/mol. The summed E-state index contributed by atoms with van der Waals surface area (Å²) in [5.41, 5.74) is 7.67. The highest BCUT2D eigenvalue weighted by molar-refractivity contribution is 5.44. The van der Waals surface area contributed by atoms with Gasteiger partial charge in [-0.25, -0.2) is 0 Å². The minimum absolute atomic E-state index is 0.195. The summed E-state index contributed by atoms with van der Waals surface area (Å²) in [7, 11) is 0. The minimum Gasteiger partial charge on any atom is -0.493 e. The van der Waals surface area contributed by atoms with Crippen molar-refractivity contribution < 1.29 is 4.74 Å². The lowest BCUT2D eigenvalue weighted by Crippen LogP contribution is -2.32. The normalized spacial score (nSPS) is 23.2. The van der Waals surface area contributed by atoms with Gasteiger partial charge >= 0.3 is 0 Å². The van der Waals surface area contributed by atoms with Gasteiger partial charge in [0, 0.05) is 17.0 Å². The van der Waals surface area contributed by atoms with E-state index >= 15 is 0 Å². The van der Waals surface area contributed by atoms with E-state index in [1.807, 2.05) is 0 Å². The first-order valence-electron chi connectivity index (χ1n) is 6.70. The highest BCUT2D eigenvalue weighted by Gasteiger charge is 2.49. The Morgan fingerprint density at radius 2 is 2.06 bits per heavy atom. The molecule has 2 aliphatic rings. The van der Waals surface area contributed by atoms with Crippen molar-refractivity contribution in [3.05, 3.63) is 29.8 Å². The second kappa shape index (κ2) is 4.02. The second-order valence-corrected chi connectivity index (χ2v) is 5.70. The van der Waals surface area contributed by atoms with Crippen molar-refractivity contribution in [2.24, 2.45) is 11.7 Å². The zero-order chi connectivity index (χ0) is 11.9. The van der Waals surface area contributed by atoms with Gasteiger partial charge in [0.1, 0.15) is 5.75 Å². The van der Waals surface area contributed by atoms with Gasteiger partial charge < -0.3 is 10.5 Å². The summed E-state index contributed by atoms with van der Waals surface area (Å²) in [5, 5.41) is 0. The van der Waals surface area contributed by atoms with Crippen molar-refractivity contribution in [1.29, 1.82) is 0 Å². The zero-order valence-corrected chi connectivity index (χ0v) is 10.5. The molecular formula is C15H21NO. The maximum absolute atomic E-state index is 6.15. The third kappa shape index (κ3) is 2.06. The fraction of sp³-hybridized carbons (Fsp3) is 0.600. The lowest BCUT2D eigenvalue weighted by atomic mass is 9.89. The van der Waals surface area contributed by atoms with Crippen molar-refractivity contribution >= 4 is 0 Å². The summed E-state index contributed by atoms with van der Waals surface area (Å²) in [6.07, 6.45) is 5.07. The maximum atomic E-state index is 6.15. The van der Waals surface area contributed by atoms with Crippen molar-refractivity contribution in [2.45, 2.75) is 44.1 Å². The van der Waals surface area contributed by atoms with Gasteiger partial charge in [0.2, 0.25) is 0 Å². The summed E-state index contributed by atoms with van der Waals surface area (Å²) < 4.78 is 5.98. The predicted molar refractivity (Wildman–Crippen MR) is 69.2 cm³/mol. The molecule has 2 nitrogen and oxygen atoms in total. The molecule has 0 bridgehead atoms. The van der Waals surface area contributed by atoms with E-state index in [1.165, 1.54) is 31.2 Å². The number of nitrogens with two attached hydrogens (primary N) is 1. The van der Waals surface area contributed by atoms with E-state index in [0.717, 1.165) is 18.3 Å². The molecule has 2 N–H and O–H groups in total. The molecule has 0 spiro atoms. The largest absolute Gasteiger partial charge is 0.493 e. The summed E-state index contributed by atoms with van der Waals surface area (Å²) >= 11 is 0. The van der Waals surface area contributed by atoms with E-state index < -0.39 is 0 Å². The molecule has 0 aliphatic heterocycles. The molecule has 2 saturated carbocycles. The number of ether oxygens (including phenoxy) is 1. The van der Waals surface area contributed by atoms with Crippen LogP contribution in [0.5, 0.6) is 5.75 Å². The summed E-state index contributed by atoms with van der Waals surface area (Å²) in [6.45, 7) is 3.00. The lowest BCUT2D eigenvalue weighted by Gasteiger charge is -2.23. The van der Waals surface area contributed by atoms with Gasteiger partial charge in [0.25, 0.3) is 0 Å². The average Bonchev–Trinajstić information content (AvgIpc) is 3.20. The Bertz CT molecular complexity index is 405. The zero-order valence-electron chi connectivity index (χ0n) is 10.5. The molecule has 2 aliphatic carbocycles. The van der Waals surface area contributed by atoms with Crippen molar-refractivity contribution in [1.82, 2.24) is 0 Å². The van der Waals surface area contributed by atoms with E-state index in [9.17, 15) is 0 Å². The second-order valence-electron chi connectivity index (χ2n) is 5.70. The molecule has 1 unspecified atom stereocenters. The number of para-hydroxylation sites is 1. The molecule has 0 radical (unpaired) electrons. The van der Waals surface area contributed by atoms with Crippen molar-refractivity contribution in [2.75, 3.05) is 6.61 Å². The Morgan fingerprint density at radius 3 is 2.65 bits per heavy atom. The molecule has 1 aromatic carbocycles. The fourth-order valence-electron chi connectivity index (χ4n) is 2.60. The lowest BCUT2D eigenvalue weighted by molar-refractivity contribution is 0.293. The Labute approximate surface area is 103 Å². The van der Waals surface area contributed by atoms with E-state index in [2.05, 4.69) is 31.2 Å². The van der Waals surface area contributed by atoms with Crippen LogP contribution in [0, 0.1) is 5.92 Å². The highest BCUT2D eigenvalue weighted by Crippen LogP contribution is 2.53. The van der Waals surface area contributed by atoms with Crippen LogP contribution in [0.4, 0.5) is 0 Å². The molecule has 0 saturated heterocycles. The highest BCUT2D eigenvalue weighted by atomic mass is 16.5. The number of rotatable bonds is 5. The first-order valence-corrected chi connectivity index (χ1v) is 6.70. The van der Waals surface area contributed by atoms with Gasteiger partial charge in [-0.15, -0.1) is 0 Å². The monoisotopic (exact) mass is 231 g/mol. The van der Waals surface area contributed by atoms with Crippen LogP contribution in [0.1, 0.15) is 38.2 Å². The molecule has 1 aromatic rings. The van der Waals surface area contributed by atoms with Crippen LogP contribution in [0.25, 0.3) is 0 Å². The molecule has 3 rings (SSSR count). The summed E-state index contributed by atoms with van der Waals surface area (Å²) in [5.74, 6) is 1.86.